The Hall–Kier alpha value is -1.52. The van der Waals surface area contributed by atoms with E-state index in [0.29, 0.717) is 11.4 Å². The third-order valence-corrected chi connectivity index (χ3v) is 3.13. The molecule has 0 bridgehead atoms. The number of nitrogens with zero attached hydrogens (tertiary/aromatic N) is 2. The van der Waals surface area contributed by atoms with Crippen LogP contribution in [0.1, 0.15) is 64.1 Å². The topological polar surface area (TPSA) is 72.9 Å². The van der Waals surface area contributed by atoms with Crippen molar-refractivity contribution in [1.82, 2.24) is 15.1 Å². The van der Waals surface area contributed by atoms with Crippen LogP contribution in [0, 0.1) is 5.41 Å². The molecule has 0 aromatic carbocycles. The number of nitrogens with two attached hydrogens (primary N) is 1. The molecule has 0 spiro atoms. The summed E-state index contributed by atoms with van der Waals surface area (Å²) in [6, 6.07) is 0. The van der Waals surface area contributed by atoms with Crippen molar-refractivity contribution in [1.29, 1.82) is 0 Å². The number of nitrogen functional groups attached to an aromatic ring is 1. The number of anilines is 1. The summed E-state index contributed by atoms with van der Waals surface area (Å²) < 4.78 is 1.57. The molecule has 114 valence electrons. The van der Waals surface area contributed by atoms with E-state index in [2.05, 4.69) is 31.2 Å². The monoisotopic (exact) mass is 280 g/mol. The molecule has 1 aromatic rings. The zero-order chi connectivity index (χ0) is 15.7. The molecular weight excluding hydrogens is 252 g/mol. The lowest BCUT2D eigenvalue weighted by atomic mass is 9.82. The van der Waals surface area contributed by atoms with Gasteiger partial charge in [-0.15, -0.1) is 0 Å². The van der Waals surface area contributed by atoms with Gasteiger partial charge in [0.2, 0.25) is 0 Å². The molecule has 3 N–H and O–H groups in total. The fourth-order valence-corrected chi connectivity index (χ4v) is 2.86. The third kappa shape index (κ3) is 3.99. The second kappa shape index (κ2) is 5.46. The van der Waals surface area contributed by atoms with Gasteiger partial charge in [-0.1, -0.05) is 27.7 Å². The maximum atomic E-state index is 12.5. The largest absolute Gasteiger partial charge is 0.395 e. The first kappa shape index (κ1) is 16.5. The van der Waals surface area contributed by atoms with E-state index in [1.54, 1.807) is 11.7 Å². The Morgan fingerprint density at radius 2 is 1.85 bits per heavy atom. The van der Waals surface area contributed by atoms with E-state index in [0.717, 1.165) is 18.5 Å². The van der Waals surface area contributed by atoms with Gasteiger partial charge in [-0.2, -0.15) is 5.10 Å². The summed E-state index contributed by atoms with van der Waals surface area (Å²) in [4.78, 5) is 12.5. The Morgan fingerprint density at radius 1 is 1.30 bits per heavy atom. The molecule has 0 aliphatic carbocycles. The van der Waals surface area contributed by atoms with Crippen LogP contribution in [-0.4, -0.2) is 21.2 Å². The van der Waals surface area contributed by atoms with E-state index in [1.165, 1.54) is 0 Å². The van der Waals surface area contributed by atoms with E-state index in [9.17, 15) is 4.79 Å². The summed E-state index contributed by atoms with van der Waals surface area (Å²) in [6.07, 6.45) is 1.60. The molecule has 0 radical (unpaired) electrons. The smallest absolute Gasteiger partial charge is 0.272 e. The van der Waals surface area contributed by atoms with Gasteiger partial charge >= 0.3 is 0 Å². The van der Waals surface area contributed by atoms with E-state index < -0.39 is 0 Å². The number of nitrogens with one attached hydrogen (secondary N) is 1. The fraction of sp³-hybridized carbons (Fsp3) is 0.733. The van der Waals surface area contributed by atoms with Crippen molar-refractivity contribution in [3.63, 3.8) is 0 Å². The predicted octanol–water partition coefficient (Wildman–Crippen LogP) is 2.51. The minimum atomic E-state index is -0.293. The molecule has 20 heavy (non-hydrogen) atoms. The highest BCUT2D eigenvalue weighted by Gasteiger charge is 2.29. The molecular formula is C15H28N4O. The van der Waals surface area contributed by atoms with Crippen LogP contribution in [0.3, 0.4) is 0 Å². The van der Waals surface area contributed by atoms with E-state index in [4.69, 9.17) is 5.73 Å². The van der Waals surface area contributed by atoms with Gasteiger partial charge in [-0.25, -0.2) is 0 Å². The van der Waals surface area contributed by atoms with Crippen LogP contribution in [-0.2, 0) is 13.5 Å². The zero-order valence-electron chi connectivity index (χ0n) is 13.8. The third-order valence-electron chi connectivity index (χ3n) is 3.13. The van der Waals surface area contributed by atoms with Gasteiger partial charge in [-0.05, 0) is 32.1 Å². The summed E-state index contributed by atoms with van der Waals surface area (Å²) >= 11 is 0. The van der Waals surface area contributed by atoms with Crippen molar-refractivity contribution in [2.24, 2.45) is 12.5 Å². The standard InChI is InChI=1S/C15H28N4O/c1-8-10-11(16)12(19(7)18-10)13(20)17-15(5,6)9-14(2,3)4/h8-9,16H2,1-7H3,(H,17,20). The predicted molar refractivity (Wildman–Crippen MR) is 82.6 cm³/mol. The van der Waals surface area contributed by atoms with Crippen molar-refractivity contribution >= 4 is 11.6 Å². The van der Waals surface area contributed by atoms with Crippen molar-refractivity contribution in [2.45, 2.75) is 59.9 Å². The van der Waals surface area contributed by atoms with Crippen LogP contribution in [0.5, 0.6) is 0 Å². The van der Waals surface area contributed by atoms with Gasteiger partial charge in [-0.3, -0.25) is 9.48 Å². The molecule has 0 atom stereocenters. The van der Waals surface area contributed by atoms with E-state index in [-0.39, 0.29) is 16.9 Å². The van der Waals surface area contributed by atoms with Gasteiger partial charge in [0.1, 0.15) is 5.69 Å². The number of hydrogen-bond acceptors (Lipinski definition) is 3. The van der Waals surface area contributed by atoms with Crippen molar-refractivity contribution in [3.05, 3.63) is 11.4 Å². The van der Waals surface area contributed by atoms with Crippen LogP contribution < -0.4 is 11.1 Å². The highest BCUT2D eigenvalue weighted by molar-refractivity contribution is 5.98. The Bertz CT molecular complexity index is 495. The normalized spacial score (nSPS) is 12.6. The quantitative estimate of drug-likeness (QED) is 0.890. The lowest BCUT2D eigenvalue weighted by molar-refractivity contribution is 0.0882. The Balaban J connectivity index is 2.94. The average Bonchev–Trinajstić information content (AvgIpc) is 2.48. The van der Waals surface area contributed by atoms with Crippen LogP contribution in [0.15, 0.2) is 0 Å². The maximum absolute atomic E-state index is 12.5. The molecule has 1 aromatic heterocycles. The molecule has 0 unspecified atom stereocenters. The molecule has 0 aliphatic rings. The second-order valence-corrected chi connectivity index (χ2v) is 7.26. The Morgan fingerprint density at radius 3 is 2.25 bits per heavy atom. The van der Waals surface area contributed by atoms with Crippen molar-refractivity contribution in [3.8, 4) is 0 Å². The lowest BCUT2D eigenvalue weighted by Gasteiger charge is -2.33. The van der Waals surface area contributed by atoms with Gasteiger partial charge in [0.15, 0.2) is 0 Å². The number of amides is 1. The lowest BCUT2D eigenvalue weighted by Crippen LogP contribution is -2.46. The number of aryl methyl sites for hydroxylation is 2. The fourth-order valence-electron chi connectivity index (χ4n) is 2.86. The number of rotatable bonds is 4. The number of carbonyl (C=O) groups is 1. The number of carbonyl (C=O) groups excluding carboxylic acids is 1. The summed E-state index contributed by atoms with van der Waals surface area (Å²) in [5.74, 6) is -0.161. The zero-order valence-corrected chi connectivity index (χ0v) is 13.8. The van der Waals surface area contributed by atoms with Gasteiger partial charge in [0.25, 0.3) is 5.91 Å². The second-order valence-electron chi connectivity index (χ2n) is 7.26. The molecule has 0 saturated carbocycles. The molecule has 1 heterocycles. The van der Waals surface area contributed by atoms with Gasteiger partial charge < -0.3 is 11.1 Å². The molecule has 5 heteroatoms. The van der Waals surface area contributed by atoms with E-state index in [1.807, 2.05) is 20.8 Å². The van der Waals surface area contributed by atoms with Crippen LogP contribution in [0.25, 0.3) is 0 Å². The van der Waals surface area contributed by atoms with Crippen LogP contribution in [0.2, 0.25) is 0 Å². The van der Waals surface area contributed by atoms with Crippen LogP contribution in [0.4, 0.5) is 5.69 Å². The summed E-state index contributed by atoms with van der Waals surface area (Å²) in [5, 5.41) is 7.35. The van der Waals surface area contributed by atoms with Crippen molar-refractivity contribution < 1.29 is 4.79 Å². The molecule has 0 fully saturated rings. The number of hydrogen-bond donors (Lipinski definition) is 2. The summed E-state index contributed by atoms with van der Waals surface area (Å²) in [5.41, 5.74) is 7.57. The highest BCUT2D eigenvalue weighted by atomic mass is 16.2. The first-order valence-corrected chi connectivity index (χ1v) is 7.10. The minimum Gasteiger partial charge on any atom is -0.395 e. The Labute approximate surface area is 121 Å². The van der Waals surface area contributed by atoms with Gasteiger partial charge in [0, 0.05) is 12.6 Å². The van der Waals surface area contributed by atoms with Crippen LogP contribution >= 0.6 is 0 Å². The SMILES string of the molecule is CCc1nn(C)c(C(=O)NC(C)(C)CC(C)(C)C)c1N. The molecule has 0 saturated heterocycles. The summed E-state index contributed by atoms with van der Waals surface area (Å²) in [6.45, 7) is 12.5. The highest BCUT2D eigenvalue weighted by Crippen LogP contribution is 2.27. The molecule has 0 aliphatic heterocycles. The first-order valence-electron chi connectivity index (χ1n) is 7.10. The number of aromatic nitrogens is 2. The molecule has 1 amide bonds. The summed E-state index contributed by atoms with van der Waals surface area (Å²) in [7, 11) is 1.75. The minimum absolute atomic E-state index is 0.142. The maximum Gasteiger partial charge on any atom is 0.272 e. The first-order chi connectivity index (χ1) is 8.97. The molecule has 1 rings (SSSR count). The van der Waals surface area contributed by atoms with Gasteiger partial charge in [0.05, 0.1) is 11.4 Å². The average molecular weight is 280 g/mol. The molecule has 5 nitrogen and oxygen atoms in total. The Kier molecular flexibility index (Phi) is 4.52. The van der Waals surface area contributed by atoms with Crippen molar-refractivity contribution in [2.75, 3.05) is 5.73 Å². The van der Waals surface area contributed by atoms with E-state index >= 15 is 0 Å².